The molecule has 300 valence electrons. The van der Waals surface area contributed by atoms with Crippen LogP contribution in [0.2, 0.25) is 0 Å². The van der Waals surface area contributed by atoms with Crippen molar-refractivity contribution in [2.24, 2.45) is 0 Å². The van der Waals surface area contributed by atoms with E-state index in [1.807, 2.05) is 0 Å². The van der Waals surface area contributed by atoms with Crippen molar-refractivity contribution < 1.29 is 23.8 Å². The Morgan fingerprint density at radius 1 is 0.442 bits per heavy atom. The molecule has 0 amide bonds. The molecule has 5 heteroatoms. The fourth-order valence-corrected chi connectivity index (χ4v) is 5.79. The molecule has 0 saturated heterocycles. The normalized spacial score (nSPS) is 12.8. The van der Waals surface area contributed by atoms with Gasteiger partial charge >= 0.3 is 11.9 Å². The molecule has 0 heterocycles. The van der Waals surface area contributed by atoms with E-state index in [4.69, 9.17) is 14.2 Å². The smallest absolute Gasteiger partial charge is 0.306 e. The maximum atomic E-state index is 12.7. The molecule has 5 nitrogen and oxygen atoms in total. The number of rotatable bonds is 39. The lowest BCUT2D eigenvalue weighted by Crippen LogP contribution is -2.30. The monoisotopic (exact) mass is 727 g/mol. The molecule has 0 aliphatic rings. The molecule has 0 aromatic carbocycles. The summed E-state index contributed by atoms with van der Waals surface area (Å²) in [6.45, 7) is 7.62. The number of hydrogen-bond donors (Lipinski definition) is 0. The second-order valence-corrected chi connectivity index (χ2v) is 14.2. The molecule has 52 heavy (non-hydrogen) atoms. The third-order valence-electron chi connectivity index (χ3n) is 9.04. The maximum Gasteiger partial charge on any atom is 0.306 e. The summed E-state index contributed by atoms with van der Waals surface area (Å²) in [5.41, 5.74) is 0. The van der Waals surface area contributed by atoms with Crippen LogP contribution in [-0.4, -0.2) is 37.9 Å². The lowest BCUT2D eigenvalue weighted by Gasteiger charge is -2.18. The predicted molar refractivity (Wildman–Crippen MR) is 224 cm³/mol. The minimum Gasteiger partial charge on any atom is -0.462 e. The quantitative estimate of drug-likeness (QED) is 0.0358. The van der Waals surface area contributed by atoms with E-state index >= 15 is 0 Å². The Balaban J connectivity index is 4.28. The Bertz CT molecular complexity index is 915. The van der Waals surface area contributed by atoms with Gasteiger partial charge in [-0.2, -0.15) is 0 Å². The lowest BCUT2D eigenvalue weighted by atomic mass is 10.1. The summed E-state index contributed by atoms with van der Waals surface area (Å²) in [5.74, 6) is -0.449. The molecule has 0 aliphatic carbocycles. The zero-order valence-electron chi connectivity index (χ0n) is 34.3. The average Bonchev–Trinajstić information content (AvgIpc) is 3.14. The highest BCUT2D eigenvalue weighted by molar-refractivity contribution is 5.70. The Morgan fingerprint density at radius 3 is 1.44 bits per heavy atom. The molecule has 0 bridgehead atoms. The van der Waals surface area contributed by atoms with E-state index in [1.54, 1.807) is 0 Å². The molecule has 0 N–H and O–H groups in total. The van der Waals surface area contributed by atoms with Crippen LogP contribution >= 0.6 is 0 Å². The first-order valence-electron chi connectivity index (χ1n) is 21.8. The fraction of sp³-hybridized carbons (Fsp3) is 0.745. The first kappa shape index (κ1) is 49.6. The zero-order chi connectivity index (χ0) is 37.8. The molecule has 0 fully saturated rings. The van der Waals surface area contributed by atoms with Crippen LogP contribution in [-0.2, 0) is 23.8 Å². The van der Waals surface area contributed by atoms with Crippen LogP contribution < -0.4 is 0 Å². The second-order valence-electron chi connectivity index (χ2n) is 14.2. The summed E-state index contributed by atoms with van der Waals surface area (Å²) in [6, 6.07) is 0. The van der Waals surface area contributed by atoms with Gasteiger partial charge in [-0.05, 0) is 83.5 Å². The molecule has 0 aromatic heterocycles. The number of allylic oxidation sites excluding steroid dienone is 10. The molecule has 0 aromatic rings. The molecule has 0 saturated carbocycles. The molecule has 0 rings (SSSR count). The first-order valence-corrected chi connectivity index (χ1v) is 21.8. The topological polar surface area (TPSA) is 61.8 Å². The molecule has 0 aliphatic heterocycles. The number of carbonyl (C=O) groups excluding carboxylic acids is 2. The Morgan fingerprint density at radius 2 is 0.865 bits per heavy atom. The molecule has 0 radical (unpaired) electrons. The van der Waals surface area contributed by atoms with E-state index in [-0.39, 0.29) is 25.2 Å². The largest absolute Gasteiger partial charge is 0.462 e. The van der Waals surface area contributed by atoms with Crippen LogP contribution in [0.5, 0.6) is 0 Å². The van der Waals surface area contributed by atoms with Crippen LogP contribution in [0.1, 0.15) is 201 Å². The van der Waals surface area contributed by atoms with E-state index < -0.39 is 6.10 Å². The van der Waals surface area contributed by atoms with E-state index in [9.17, 15) is 9.59 Å². The number of carbonyl (C=O) groups is 2. The van der Waals surface area contributed by atoms with Gasteiger partial charge in [0.1, 0.15) is 6.61 Å². The van der Waals surface area contributed by atoms with Crippen molar-refractivity contribution in [1.82, 2.24) is 0 Å². The van der Waals surface area contributed by atoms with Gasteiger partial charge in [-0.3, -0.25) is 9.59 Å². The number of unbranched alkanes of at least 4 members (excludes halogenated alkanes) is 18. The van der Waals surface area contributed by atoms with Crippen LogP contribution in [0.15, 0.2) is 60.8 Å². The summed E-state index contributed by atoms with van der Waals surface area (Å²) in [5, 5.41) is 0. The van der Waals surface area contributed by atoms with Crippen LogP contribution in [0, 0.1) is 0 Å². The first-order chi connectivity index (χ1) is 25.6. The third kappa shape index (κ3) is 40.4. The van der Waals surface area contributed by atoms with Gasteiger partial charge < -0.3 is 14.2 Å². The van der Waals surface area contributed by atoms with Gasteiger partial charge in [-0.15, -0.1) is 0 Å². The number of hydrogen-bond acceptors (Lipinski definition) is 5. The predicted octanol–water partition coefficient (Wildman–Crippen LogP) is 14.2. The number of ether oxygens (including phenoxy) is 3. The van der Waals surface area contributed by atoms with E-state index in [2.05, 4.69) is 81.5 Å². The Kier molecular flexibility index (Phi) is 41.0. The van der Waals surface area contributed by atoms with Gasteiger partial charge in [0, 0.05) is 19.4 Å². The van der Waals surface area contributed by atoms with Crippen LogP contribution in [0.3, 0.4) is 0 Å². The molecular formula is C47H82O5. The molecule has 0 spiro atoms. The van der Waals surface area contributed by atoms with Gasteiger partial charge in [-0.25, -0.2) is 0 Å². The van der Waals surface area contributed by atoms with Gasteiger partial charge in [0.15, 0.2) is 6.10 Å². The molecular weight excluding hydrogens is 645 g/mol. The summed E-state index contributed by atoms with van der Waals surface area (Å²) in [7, 11) is 0. The Labute approximate surface area is 322 Å². The molecule has 1 atom stereocenters. The summed E-state index contributed by atoms with van der Waals surface area (Å²) in [6.07, 6.45) is 52.2. The van der Waals surface area contributed by atoms with Crippen molar-refractivity contribution in [3.8, 4) is 0 Å². The van der Waals surface area contributed by atoms with Gasteiger partial charge in [-0.1, -0.05) is 165 Å². The molecule has 1 unspecified atom stereocenters. The van der Waals surface area contributed by atoms with E-state index in [0.29, 0.717) is 19.4 Å². The van der Waals surface area contributed by atoms with E-state index in [1.165, 1.54) is 77.0 Å². The SMILES string of the molecule is CC/C=C\C/C=C\C/C=C\CCCCCC(=O)OC(COCCCCCCCCCC)COC(=O)CCCCCCC/C=C\C/C=C\CCCCC. The van der Waals surface area contributed by atoms with Gasteiger partial charge in [0.05, 0.1) is 6.61 Å². The zero-order valence-corrected chi connectivity index (χ0v) is 34.3. The average molecular weight is 727 g/mol. The minimum atomic E-state index is -0.552. The van der Waals surface area contributed by atoms with Crippen LogP contribution in [0.4, 0.5) is 0 Å². The van der Waals surface area contributed by atoms with Crippen molar-refractivity contribution in [3.05, 3.63) is 60.8 Å². The minimum absolute atomic E-state index is 0.0659. The lowest BCUT2D eigenvalue weighted by molar-refractivity contribution is -0.163. The summed E-state index contributed by atoms with van der Waals surface area (Å²) < 4.78 is 17.2. The highest BCUT2D eigenvalue weighted by atomic mass is 16.6. The second kappa shape index (κ2) is 43.0. The highest BCUT2D eigenvalue weighted by Crippen LogP contribution is 2.12. The van der Waals surface area contributed by atoms with E-state index in [0.717, 1.165) is 89.9 Å². The van der Waals surface area contributed by atoms with Crippen molar-refractivity contribution in [2.45, 2.75) is 207 Å². The Hall–Kier alpha value is -2.40. The third-order valence-corrected chi connectivity index (χ3v) is 9.04. The van der Waals surface area contributed by atoms with Gasteiger partial charge in [0.2, 0.25) is 0 Å². The maximum absolute atomic E-state index is 12.7. The van der Waals surface area contributed by atoms with Crippen molar-refractivity contribution in [1.29, 1.82) is 0 Å². The standard InChI is InChI=1S/C47H82O5/c1-4-7-10-13-16-19-21-23-24-26-27-29-31-34-37-40-46(48)51-44-45(43-50-42-39-36-33-18-15-12-9-6-3)52-47(49)41-38-35-32-30-28-25-22-20-17-14-11-8-5-2/h8,11,16-17,19-20,23-25,28,45H,4-7,9-10,12-15,18,21-22,26-27,29-44H2,1-3H3/b11-8-,19-16-,20-17-,24-23-,28-25-. The van der Waals surface area contributed by atoms with Crippen molar-refractivity contribution in [2.75, 3.05) is 19.8 Å². The summed E-state index contributed by atoms with van der Waals surface area (Å²) >= 11 is 0. The fourth-order valence-electron chi connectivity index (χ4n) is 5.79. The van der Waals surface area contributed by atoms with Gasteiger partial charge in [0.25, 0.3) is 0 Å². The summed E-state index contributed by atoms with van der Waals surface area (Å²) in [4.78, 5) is 25.1. The number of esters is 2. The van der Waals surface area contributed by atoms with Crippen molar-refractivity contribution in [3.63, 3.8) is 0 Å². The van der Waals surface area contributed by atoms with Crippen molar-refractivity contribution >= 4 is 11.9 Å². The highest BCUT2D eigenvalue weighted by Gasteiger charge is 2.17. The van der Waals surface area contributed by atoms with Crippen LogP contribution in [0.25, 0.3) is 0 Å².